The largest absolute Gasteiger partial charge is 0.378 e. The van der Waals surface area contributed by atoms with Crippen LogP contribution in [-0.4, -0.2) is 14.8 Å². The monoisotopic (exact) mass is 296 g/mol. The first-order valence-corrected chi connectivity index (χ1v) is 7.06. The van der Waals surface area contributed by atoms with Gasteiger partial charge in [-0.1, -0.05) is 12.1 Å². The van der Waals surface area contributed by atoms with E-state index >= 15 is 0 Å². The first kappa shape index (κ1) is 14.3. The zero-order valence-corrected chi connectivity index (χ0v) is 12.5. The van der Waals surface area contributed by atoms with Gasteiger partial charge in [0.15, 0.2) is 0 Å². The summed E-state index contributed by atoms with van der Waals surface area (Å²) in [4.78, 5) is 4.24. The molecule has 1 N–H and O–H groups in total. The maximum atomic E-state index is 13.0. The third-order valence-electron chi connectivity index (χ3n) is 3.55. The summed E-state index contributed by atoms with van der Waals surface area (Å²) in [5.41, 5.74) is 4.89. The zero-order chi connectivity index (χ0) is 15.5. The fourth-order valence-corrected chi connectivity index (χ4v) is 2.25. The second-order valence-electron chi connectivity index (χ2n) is 5.22. The van der Waals surface area contributed by atoms with Crippen LogP contribution >= 0.6 is 0 Å². The van der Waals surface area contributed by atoms with Gasteiger partial charge in [-0.25, -0.2) is 4.39 Å². The molecule has 0 spiro atoms. The lowest BCUT2D eigenvalue weighted by Crippen LogP contribution is -2.01. The van der Waals surface area contributed by atoms with Crippen molar-refractivity contribution in [1.82, 2.24) is 14.8 Å². The summed E-state index contributed by atoms with van der Waals surface area (Å²) in [5.74, 6) is -0.239. The van der Waals surface area contributed by atoms with Crippen molar-refractivity contribution in [3.63, 3.8) is 0 Å². The van der Waals surface area contributed by atoms with Gasteiger partial charge in [0.05, 0.1) is 17.9 Å². The molecule has 0 atom stereocenters. The molecule has 22 heavy (non-hydrogen) atoms. The van der Waals surface area contributed by atoms with Crippen LogP contribution in [0.5, 0.6) is 0 Å². The molecule has 4 nitrogen and oxygen atoms in total. The van der Waals surface area contributed by atoms with Crippen LogP contribution in [0, 0.1) is 12.7 Å². The molecule has 3 rings (SSSR count). The molecular weight excluding hydrogens is 279 g/mol. The number of halogens is 1. The van der Waals surface area contributed by atoms with Crippen LogP contribution in [0.3, 0.4) is 0 Å². The number of anilines is 1. The minimum Gasteiger partial charge on any atom is -0.378 e. The zero-order valence-electron chi connectivity index (χ0n) is 12.5. The molecule has 0 amide bonds. The van der Waals surface area contributed by atoms with E-state index in [0.29, 0.717) is 6.54 Å². The van der Waals surface area contributed by atoms with Gasteiger partial charge in [-0.05, 0) is 36.8 Å². The molecule has 2 aromatic heterocycles. The fraction of sp³-hybridized carbons (Fsp3) is 0.176. The predicted molar refractivity (Wildman–Crippen MR) is 84.9 cm³/mol. The summed E-state index contributed by atoms with van der Waals surface area (Å²) >= 11 is 0. The van der Waals surface area contributed by atoms with Crippen molar-refractivity contribution < 1.29 is 4.39 Å². The van der Waals surface area contributed by atoms with E-state index in [1.54, 1.807) is 24.5 Å². The van der Waals surface area contributed by atoms with Crippen LogP contribution in [-0.2, 0) is 13.6 Å². The molecular formula is C17H17FN4. The van der Waals surface area contributed by atoms with Crippen molar-refractivity contribution in [3.05, 3.63) is 66.0 Å². The van der Waals surface area contributed by atoms with Crippen molar-refractivity contribution in [1.29, 1.82) is 0 Å². The molecule has 3 aromatic rings. The molecule has 0 saturated heterocycles. The van der Waals surface area contributed by atoms with E-state index in [1.807, 2.05) is 30.8 Å². The Morgan fingerprint density at radius 2 is 1.86 bits per heavy atom. The van der Waals surface area contributed by atoms with E-state index in [0.717, 1.165) is 28.2 Å². The van der Waals surface area contributed by atoms with Gasteiger partial charge in [-0.3, -0.25) is 9.67 Å². The van der Waals surface area contributed by atoms with Gasteiger partial charge in [0.1, 0.15) is 5.82 Å². The minimum atomic E-state index is -0.239. The smallest absolute Gasteiger partial charge is 0.123 e. The summed E-state index contributed by atoms with van der Waals surface area (Å²) in [6.07, 6.45) is 3.53. The molecule has 2 heterocycles. The van der Waals surface area contributed by atoms with E-state index in [4.69, 9.17) is 0 Å². The van der Waals surface area contributed by atoms with Crippen LogP contribution in [0.25, 0.3) is 11.1 Å². The van der Waals surface area contributed by atoms with Gasteiger partial charge in [0.2, 0.25) is 0 Å². The first-order chi connectivity index (χ1) is 10.6. The number of aromatic nitrogens is 3. The number of aryl methyl sites for hydroxylation is 2. The summed E-state index contributed by atoms with van der Waals surface area (Å²) in [6.45, 7) is 2.66. The number of nitrogens with one attached hydrogen (secondary N) is 1. The Bertz CT molecular complexity index is 758. The summed E-state index contributed by atoms with van der Waals surface area (Å²) in [7, 11) is 1.93. The molecule has 0 fully saturated rings. The average Bonchev–Trinajstić information content (AvgIpc) is 2.85. The Kier molecular flexibility index (Phi) is 3.87. The second-order valence-corrected chi connectivity index (χ2v) is 5.22. The molecule has 0 aliphatic heterocycles. The molecule has 0 radical (unpaired) electrons. The molecule has 1 aromatic carbocycles. The number of pyridine rings is 1. The molecule has 0 saturated carbocycles. The van der Waals surface area contributed by atoms with Crippen LogP contribution in [0.4, 0.5) is 10.1 Å². The highest BCUT2D eigenvalue weighted by Crippen LogP contribution is 2.22. The first-order valence-electron chi connectivity index (χ1n) is 7.06. The highest BCUT2D eigenvalue weighted by atomic mass is 19.1. The van der Waals surface area contributed by atoms with E-state index in [2.05, 4.69) is 15.4 Å². The predicted octanol–water partition coefficient (Wildman–Crippen LogP) is 3.54. The summed E-state index contributed by atoms with van der Waals surface area (Å²) < 4.78 is 14.8. The SMILES string of the molecule is Cc1cc(CNc2cncc(-c3ccc(F)cc3)c2)nn1C. The standard InChI is InChI=1S/C17H17FN4/c1-12-7-17(21-22(12)2)11-20-16-8-14(9-19-10-16)13-3-5-15(18)6-4-13/h3-10,20H,11H2,1-2H3. The topological polar surface area (TPSA) is 42.7 Å². The summed E-state index contributed by atoms with van der Waals surface area (Å²) in [5, 5.41) is 7.72. The number of nitrogens with zero attached hydrogens (tertiary/aromatic N) is 3. The fourth-order valence-electron chi connectivity index (χ4n) is 2.25. The Balaban J connectivity index is 1.75. The van der Waals surface area contributed by atoms with E-state index in [9.17, 15) is 4.39 Å². The van der Waals surface area contributed by atoms with Gasteiger partial charge in [-0.2, -0.15) is 5.10 Å². The van der Waals surface area contributed by atoms with Crippen molar-refractivity contribution >= 4 is 5.69 Å². The van der Waals surface area contributed by atoms with E-state index in [-0.39, 0.29) is 5.82 Å². The maximum absolute atomic E-state index is 13.0. The van der Waals surface area contributed by atoms with Gasteiger partial charge in [0.25, 0.3) is 0 Å². The van der Waals surface area contributed by atoms with E-state index < -0.39 is 0 Å². The van der Waals surface area contributed by atoms with Gasteiger partial charge >= 0.3 is 0 Å². The third kappa shape index (κ3) is 3.14. The number of rotatable bonds is 4. The quantitative estimate of drug-likeness (QED) is 0.800. The third-order valence-corrected chi connectivity index (χ3v) is 3.55. The van der Waals surface area contributed by atoms with Crippen LogP contribution in [0.1, 0.15) is 11.4 Å². The molecule has 5 heteroatoms. The second kappa shape index (κ2) is 5.97. The van der Waals surface area contributed by atoms with E-state index in [1.165, 1.54) is 12.1 Å². The number of benzene rings is 1. The Morgan fingerprint density at radius 1 is 1.09 bits per heavy atom. The lowest BCUT2D eigenvalue weighted by atomic mass is 10.1. The van der Waals surface area contributed by atoms with Crippen molar-refractivity contribution in [2.45, 2.75) is 13.5 Å². The Hall–Kier alpha value is -2.69. The summed E-state index contributed by atoms with van der Waals surface area (Å²) in [6, 6.07) is 10.4. The number of hydrogen-bond donors (Lipinski definition) is 1. The maximum Gasteiger partial charge on any atom is 0.123 e. The van der Waals surface area contributed by atoms with Gasteiger partial charge in [0, 0.05) is 30.7 Å². The molecule has 0 bridgehead atoms. The highest BCUT2D eigenvalue weighted by Gasteiger charge is 2.03. The molecule has 0 aliphatic rings. The lowest BCUT2D eigenvalue weighted by molar-refractivity contribution is 0.628. The van der Waals surface area contributed by atoms with Gasteiger partial charge < -0.3 is 5.32 Å². The van der Waals surface area contributed by atoms with Crippen molar-refractivity contribution in [2.24, 2.45) is 7.05 Å². The van der Waals surface area contributed by atoms with Crippen molar-refractivity contribution in [3.8, 4) is 11.1 Å². The Morgan fingerprint density at radius 3 is 2.55 bits per heavy atom. The van der Waals surface area contributed by atoms with Crippen molar-refractivity contribution in [2.75, 3.05) is 5.32 Å². The normalized spacial score (nSPS) is 10.7. The van der Waals surface area contributed by atoms with Crippen LogP contribution in [0.15, 0.2) is 48.8 Å². The molecule has 112 valence electrons. The Labute approximate surface area is 128 Å². The minimum absolute atomic E-state index is 0.239. The average molecular weight is 296 g/mol. The van der Waals surface area contributed by atoms with Crippen LogP contribution < -0.4 is 5.32 Å². The lowest BCUT2D eigenvalue weighted by Gasteiger charge is -2.07. The highest BCUT2D eigenvalue weighted by molar-refractivity contribution is 5.66. The number of hydrogen-bond acceptors (Lipinski definition) is 3. The molecule has 0 aliphatic carbocycles. The van der Waals surface area contributed by atoms with Crippen LogP contribution in [0.2, 0.25) is 0 Å². The molecule has 0 unspecified atom stereocenters. The van der Waals surface area contributed by atoms with Gasteiger partial charge in [-0.15, -0.1) is 0 Å².